The summed E-state index contributed by atoms with van der Waals surface area (Å²) in [5.41, 5.74) is 5.49. The standard InChI is InChI=1S/C24H22F3N5O3S.C23H20F3N5O2S/c1-23(2,12-33)18-11-15(6-8-20(18)36(28,34)35)32-22-16-7-5-14(10-19(16)30-13-31-22)21-17(24(25,26)27)4-3-9-29-21;24-23(25,26)19-3-1-10-28-21(19)15-4-9-18-20(13-15)29-14-30-22(18,27)16-5-7-17(8-6-16)34(32,33)31-11-2-12-31/h3-11,13,33H,12H2,1-2H3,(H2,28,34,35)(H,30,31,32);1,3-10,13-14H,2,11-12,27H2,(H,29,30). The van der Waals surface area contributed by atoms with Crippen molar-refractivity contribution in [2.75, 3.05) is 30.3 Å². The number of rotatable bonds is 10. The number of sulfonamides is 2. The molecule has 4 aromatic carbocycles. The molecule has 0 aliphatic carbocycles. The summed E-state index contributed by atoms with van der Waals surface area (Å²) in [6.45, 7) is 4.03. The van der Waals surface area contributed by atoms with E-state index in [-0.39, 0.29) is 38.9 Å². The first-order valence-corrected chi connectivity index (χ1v) is 24.1. The minimum Gasteiger partial charge on any atom is -0.395 e. The second-order valence-corrected chi connectivity index (χ2v) is 20.4. The van der Waals surface area contributed by atoms with E-state index in [1.54, 1.807) is 50.2 Å². The molecule has 5 heterocycles. The highest BCUT2D eigenvalue weighted by Gasteiger charge is 2.38. The SMILES string of the molecule is CC(C)(CO)c1cc(Nc2ncnc3cc(-c4ncccc4C(F)(F)F)ccc23)ccc1S(N)(=O)=O.NC1(c2ccc(S(=O)(=O)N3CCC3)cc2)N=CNc2cc(-c3ncccc3C(F)(F)F)ccc21. The van der Waals surface area contributed by atoms with Gasteiger partial charge in [-0.3, -0.25) is 15.7 Å². The van der Waals surface area contributed by atoms with Crippen LogP contribution in [0.3, 0.4) is 0 Å². The first-order chi connectivity index (χ1) is 32.9. The van der Waals surface area contributed by atoms with E-state index < -0.39 is 54.6 Å². The molecule has 9 rings (SSSR count). The number of anilines is 3. The van der Waals surface area contributed by atoms with Crippen LogP contribution in [-0.4, -0.2) is 72.2 Å². The third kappa shape index (κ3) is 9.80. The number of nitrogens with zero attached hydrogens (tertiary/aromatic N) is 6. The van der Waals surface area contributed by atoms with Crippen LogP contribution in [0.1, 0.15) is 48.1 Å². The number of aromatic nitrogens is 4. The maximum Gasteiger partial charge on any atom is 0.418 e. The van der Waals surface area contributed by atoms with Gasteiger partial charge in [0.1, 0.15) is 12.1 Å². The molecule has 2 aliphatic rings. The van der Waals surface area contributed by atoms with E-state index >= 15 is 0 Å². The topological polar surface area (TPSA) is 232 Å². The number of benzene rings is 4. The van der Waals surface area contributed by atoms with Crippen LogP contribution in [0.2, 0.25) is 0 Å². The van der Waals surface area contributed by atoms with Gasteiger partial charge in [0.15, 0.2) is 5.66 Å². The number of fused-ring (bicyclic) bond motifs is 2. The second kappa shape index (κ2) is 18.5. The van der Waals surface area contributed by atoms with Crippen molar-refractivity contribution in [2.24, 2.45) is 15.9 Å². The zero-order chi connectivity index (χ0) is 50.4. The van der Waals surface area contributed by atoms with E-state index in [2.05, 4.69) is 35.6 Å². The van der Waals surface area contributed by atoms with E-state index in [0.29, 0.717) is 57.9 Å². The monoisotopic (exact) mass is 1000 g/mol. The average Bonchev–Trinajstić information content (AvgIpc) is 3.30. The Balaban J connectivity index is 0.000000188. The second-order valence-electron chi connectivity index (χ2n) is 16.9. The van der Waals surface area contributed by atoms with Gasteiger partial charge in [-0.2, -0.15) is 30.6 Å². The molecule has 0 amide bonds. The molecule has 0 spiro atoms. The lowest BCUT2D eigenvalue weighted by Gasteiger charge is -2.32. The van der Waals surface area contributed by atoms with Crippen molar-refractivity contribution < 1.29 is 48.3 Å². The lowest BCUT2D eigenvalue weighted by Crippen LogP contribution is -2.42. The molecule has 0 bridgehead atoms. The van der Waals surface area contributed by atoms with Gasteiger partial charge in [0.2, 0.25) is 20.0 Å². The van der Waals surface area contributed by atoms with Crippen molar-refractivity contribution in [1.82, 2.24) is 24.2 Å². The van der Waals surface area contributed by atoms with E-state index in [1.807, 2.05) is 0 Å². The maximum absolute atomic E-state index is 13.5. The molecule has 0 saturated carbocycles. The van der Waals surface area contributed by atoms with Gasteiger partial charge in [0.05, 0.1) is 50.8 Å². The Morgan fingerprint density at radius 3 is 1.94 bits per heavy atom. The van der Waals surface area contributed by atoms with Crippen LogP contribution in [-0.2, 0) is 43.5 Å². The highest BCUT2D eigenvalue weighted by Crippen LogP contribution is 2.42. The molecule has 1 unspecified atom stereocenters. The van der Waals surface area contributed by atoms with Crippen LogP contribution in [0.25, 0.3) is 33.4 Å². The van der Waals surface area contributed by atoms with Crippen molar-refractivity contribution in [3.8, 4) is 22.5 Å². The molecule has 70 heavy (non-hydrogen) atoms. The summed E-state index contributed by atoms with van der Waals surface area (Å²) < 4.78 is 132. The molecule has 364 valence electrons. The van der Waals surface area contributed by atoms with Crippen molar-refractivity contribution in [1.29, 1.82) is 0 Å². The van der Waals surface area contributed by atoms with Gasteiger partial charge in [0, 0.05) is 64.3 Å². The minimum absolute atomic E-state index is 0.111. The number of alkyl halides is 6. The third-order valence-electron chi connectivity index (χ3n) is 11.7. The quantitative estimate of drug-likeness (QED) is 0.0818. The maximum atomic E-state index is 13.5. The van der Waals surface area contributed by atoms with Crippen molar-refractivity contribution in [3.63, 3.8) is 0 Å². The first-order valence-electron chi connectivity index (χ1n) is 21.1. The zero-order valence-corrected chi connectivity index (χ0v) is 38.6. The van der Waals surface area contributed by atoms with E-state index in [1.165, 1.54) is 84.0 Å². The van der Waals surface area contributed by atoms with E-state index in [9.17, 15) is 48.3 Å². The highest BCUT2D eigenvalue weighted by molar-refractivity contribution is 7.89. The highest BCUT2D eigenvalue weighted by atomic mass is 32.2. The van der Waals surface area contributed by atoms with Gasteiger partial charge in [-0.05, 0) is 90.3 Å². The summed E-state index contributed by atoms with van der Waals surface area (Å²) in [5, 5.41) is 21.7. The van der Waals surface area contributed by atoms with Gasteiger partial charge in [0.25, 0.3) is 0 Å². The van der Waals surface area contributed by atoms with Crippen LogP contribution in [0, 0.1) is 0 Å². The molecule has 2 aliphatic heterocycles. The molecule has 1 atom stereocenters. The van der Waals surface area contributed by atoms with Crippen LogP contribution in [0.15, 0.2) is 137 Å². The summed E-state index contributed by atoms with van der Waals surface area (Å²) in [4.78, 5) is 20.7. The first kappa shape index (κ1) is 49.5. The van der Waals surface area contributed by atoms with Gasteiger partial charge in [-0.25, -0.2) is 36.9 Å². The fourth-order valence-corrected chi connectivity index (χ4v) is 10.3. The van der Waals surface area contributed by atoms with Crippen LogP contribution in [0.5, 0.6) is 0 Å². The average molecular weight is 1010 g/mol. The molecule has 1 fully saturated rings. The number of nitrogens with two attached hydrogens (primary N) is 2. The predicted molar refractivity (Wildman–Crippen MR) is 251 cm³/mol. The van der Waals surface area contributed by atoms with Gasteiger partial charge < -0.3 is 15.7 Å². The Morgan fingerprint density at radius 2 is 1.37 bits per heavy atom. The molecule has 23 heteroatoms. The molecule has 15 nitrogen and oxygen atoms in total. The Bertz CT molecular complexity index is 3390. The fourth-order valence-electron chi connectivity index (χ4n) is 7.84. The fraction of sp³-hybridized carbons (Fsp3) is 0.213. The largest absolute Gasteiger partial charge is 0.418 e. The molecule has 3 aromatic heterocycles. The number of halogens is 6. The minimum atomic E-state index is -4.57. The van der Waals surface area contributed by atoms with Crippen molar-refractivity contribution >= 4 is 54.5 Å². The normalized spacial score (nSPS) is 16.4. The molecule has 0 radical (unpaired) electrons. The van der Waals surface area contributed by atoms with E-state index in [0.717, 1.165) is 18.6 Å². The summed E-state index contributed by atoms with van der Waals surface area (Å²) in [6.07, 6.45) is -3.05. The number of aliphatic hydroxyl groups is 1. The Morgan fingerprint density at radius 1 is 0.757 bits per heavy atom. The molecular weight excluding hydrogens is 963 g/mol. The number of pyridine rings is 2. The predicted octanol–water partition coefficient (Wildman–Crippen LogP) is 8.15. The number of hydrogen-bond donors (Lipinski definition) is 5. The number of primary sulfonamides is 1. The van der Waals surface area contributed by atoms with E-state index in [4.69, 9.17) is 10.9 Å². The Labute approximate surface area is 397 Å². The van der Waals surface area contributed by atoms with Crippen LogP contribution >= 0.6 is 0 Å². The third-order valence-corrected chi connectivity index (χ3v) is 14.6. The number of nitrogens with one attached hydrogen (secondary N) is 2. The summed E-state index contributed by atoms with van der Waals surface area (Å²) in [6, 6.07) is 24.3. The number of aliphatic imine (C=N–C) groups is 1. The summed E-state index contributed by atoms with van der Waals surface area (Å²) in [7, 11) is -7.59. The number of hydrogen-bond acceptors (Lipinski definition) is 13. The van der Waals surface area contributed by atoms with Crippen molar-refractivity contribution in [3.05, 3.63) is 150 Å². The molecule has 7 aromatic rings. The zero-order valence-electron chi connectivity index (χ0n) is 37.0. The molecular formula is C47H42F6N10O5S2. The lowest BCUT2D eigenvalue weighted by molar-refractivity contribution is -0.138. The van der Waals surface area contributed by atoms with Crippen LogP contribution < -0.4 is 21.5 Å². The number of aliphatic hydroxyl groups excluding tert-OH is 1. The lowest BCUT2D eigenvalue weighted by atomic mass is 9.85. The summed E-state index contributed by atoms with van der Waals surface area (Å²) in [5.74, 6) is 0.347. The van der Waals surface area contributed by atoms with Crippen LogP contribution in [0.4, 0.5) is 43.5 Å². The van der Waals surface area contributed by atoms with Crippen molar-refractivity contribution in [2.45, 2.75) is 53.5 Å². The summed E-state index contributed by atoms with van der Waals surface area (Å²) >= 11 is 0. The molecule has 7 N–H and O–H groups in total. The van der Waals surface area contributed by atoms with Gasteiger partial charge in [-0.1, -0.05) is 44.2 Å². The van der Waals surface area contributed by atoms with Gasteiger partial charge in [-0.15, -0.1) is 0 Å². The Hall–Kier alpha value is -6.89. The Kier molecular flexibility index (Phi) is 13.1. The smallest absolute Gasteiger partial charge is 0.395 e. The molecule has 1 saturated heterocycles. The van der Waals surface area contributed by atoms with Gasteiger partial charge >= 0.3 is 12.4 Å².